The number of hydrogen-bond acceptors (Lipinski definition) is 1. The summed E-state index contributed by atoms with van der Waals surface area (Å²) in [4.78, 5) is 11.1. The van der Waals surface area contributed by atoms with Crippen molar-refractivity contribution in [2.75, 3.05) is 0 Å². The zero-order valence-electron chi connectivity index (χ0n) is 11.0. The Labute approximate surface area is 119 Å². The van der Waals surface area contributed by atoms with E-state index in [0.717, 1.165) is 16.7 Å². The number of carbonyl (C=O) groups excluding carboxylic acids is 1. The van der Waals surface area contributed by atoms with Crippen LogP contribution in [0, 0.1) is 0 Å². The lowest BCUT2D eigenvalue weighted by atomic mass is 10.1. The molecule has 2 rings (SSSR count). The number of pyridine rings is 1. The summed E-state index contributed by atoms with van der Waals surface area (Å²) >= 11 is 0. The van der Waals surface area contributed by atoms with Crippen molar-refractivity contribution in [3.8, 4) is 0 Å². The maximum absolute atomic E-state index is 11.1. The van der Waals surface area contributed by atoms with Crippen molar-refractivity contribution < 1.29 is 21.8 Å². The van der Waals surface area contributed by atoms with Crippen LogP contribution < -0.4 is 17.0 Å². The number of aromatic nitrogens is 1. The van der Waals surface area contributed by atoms with E-state index in [2.05, 4.69) is 18.2 Å². The second-order valence-electron chi connectivity index (χ2n) is 4.31. The van der Waals surface area contributed by atoms with Crippen molar-refractivity contribution in [1.29, 1.82) is 0 Å². The average molecular weight is 274 g/mol. The fourth-order valence-electron chi connectivity index (χ4n) is 1.65. The number of carbonyl (C=O) groups is 1. The summed E-state index contributed by atoms with van der Waals surface area (Å²) in [6.45, 7) is 1.58. The topological polar surface area (TPSA) is 20.9 Å². The number of hydrogen-bond donors (Lipinski definition) is 0. The number of halogens is 1. The first kappa shape index (κ1) is 15.1. The molecular weight excluding hydrogens is 258 g/mol. The van der Waals surface area contributed by atoms with Crippen molar-refractivity contribution in [3.05, 3.63) is 65.5 Å². The van der Waals surface area contributed by atoms with Gasteiger partial charge in [0.1, 0.15) is 7.05 Å². The van der Waals surface area contributed by atoms with Crippen molar-refractivity contribution in [1.82, 2.24) is 0 Å². The van der Waals surface area contributed by atoms with Crippen LogP contribution in [0.25, 0.3) is 12.2 Å². The molecule has 0 bridgehead atoms. The van der Waals surface area contributed by atoms with Gasteiger partial charge in [-0.1, -0.05) is 36.4 Å². The van der Waals surface area contributed by atoms with Crippen molar-refractivity contribution in [3.63, 3.8) is 0 Å². The Morgan fingerprint density at radius 1 is 0.947 bits per heavy atom. The van der Waals surface area contributed by atoms with E-state index in [1.54, 1.807) is 6.92 Å². The average Bonchev–Trinajstić information content (AvgIpc) is 2.38. The van der Waals surface area contributed by atoms with E-state index in [9.17, 15) is 4.79 Å². The van der Waals surface area contributed by atoms with Crippen LogP contribution in [0.15, 0.2) is 48.8 Å². The monoisotopic (exact) mass is 273 g/mol. The summed E-state index contributed by atoms with van der Waals surface area (Å²) in [6.07, 6.45) is 8.12. The summed E-state index contributed by atoms with van der Waals surface area (Å²) < 4.78 is 2.00. The number of nitrogens with zero attached hydrogens (tertiary/aromatic N) is 1. The molecule has 0 spiro atoms. The molecule has 1 heterocycles. The van der Waals surface area contributed by atoms with Gasteiger partial charge in [0.15, 0.2) is 18.2 Å². The van der Waals surface area contributed by atoms with Gasteiger partial charge in [-0.15, -0.1) is 0 Å². The summed E-state index contributed by atoms with van der Waals surface area (Å²) in [6, 6.07) is 11.7. The fraction of sp³-hybridized carbons (Fsp3) is 0.125. The first-order valence-corrected chi connectivity index (χ1v) is 5.89. The maximum atomic E-state index is 11.1. The Kier molecular flexibility index (Phi) is 5.46. The first-order chi connectivity index (χ1) is 8.65. The zero-order valence-corrected chi connectivity index (χ0v) is 11.8. The smallest absolute Gasteiger partial charge is 0.169 e. The molecule has 2 aromatic rings. The SMILES string of the molecule is CC(=O)c1ccc(/C=C\c2cc[n+](C)cc2)cc1.[Cl-]. The van der Waals surface area contributed by atoms with Crippen molar-refractivity contribution >= 4 is 17.9 Å². The second-order valence-corrected chi connectivity index (χ2v) is 4.31. The zero-order chi connectivity index (χ0) is 13.0. The highest BCUT2D eigenvalue weighted by molar-refractivity contribution is 5.94. The third-order valence-electron chi connectivity index (χ3n) is 2.79. The third kappa shape index (κ3) is 4.34. The van der Waals surface area contributed by atoms with Crippen LogP contribution in [0.2, 0.25) is 0 Å². The molecule has 0 aliphatic heterocycles. The fourth-order valence-corrected chi connectivity index (χ4v) is 1.65. The van der Waals surface area contributed by atoms with Gasteiger partial charge in [0.25, 0.3) is 0 Å². The van der Waals surface area contributed by atoms with Gasteiger partial charge in [-0.2, -0.15) is 0 Å². The highest BCUT2D eigenvalue weighted by atomic mass is 35.5. The molecule has 0 amide bonds. The summed E-state index contributed by atoms with van der Waals surface area (Å²) in [5, 5.41) is 0. The number of rotatable bonds is 3. The van der Waals surface area contributed by atoms with E-state index in [1.807, 2.05) is 54.3 Å². The van der Waals surface area contributed by atoms with Crippen LogP contribution in [0.1, 0.15) is 28.4 Å². The van der Waals surface area contributed by atoms with Crippen LogP contribution in [-0.4, -0.2) is 5.78 Å². The van der Waals surface area contributed by atoms with Crippen LogP contribution >= 0.6 is 0 Å². The van der Waals surface area contributed by atoms with Gasteiger partial charge in [-0.25, -0.2) is 4.57 Å². The summed E-state index contributed by atoms with van der Waals surface area (Å²) in [5.74, 6) is 0.0982. The van der Waals surface area contributed by atoms with Gasteiger partial charge < -0.3 is 12.4 Å². The van der Waals surface area contributed by atoms with Crippen LogP contribution in [-0.2, 0) is 7.05 Å². The molecule has 19 heavy (non-hydrogen) atoms. The molecule has 0 aliphatic carbocycles. The molecule has 0 unspecified atom stereocenters. The standard InChI is InChI=1S/C16H16NO.ClH/c1-13(18)16-7-5-14(6-8-16)3-4-15-9-11-17(2)12-10-15;/h3-12H,1-2H3;1H/q+1;/p-1/b4-3-;. The minimum Gasteiger partial charge on any atom is -1.00 e. The number of benzene rings is 1. The molecule has 1 aromatic heterocycles. The summed E-state index contributed by atoms with van der Waals surface area (Å²) in [7, 11) is 1.99. The van der Waals surface area contributed by atoms with E-state index in [-0.39, 0.29) is 18.2 Å². The molecule has 98 valence electrons. The van der Waals surface area contributed by atoms with E-state index in [1.165, 1.54) is 0 Å². The largest absolute Gasteiger partial charge is 1.00 e. The molecule has 0 saturated heterocycles. The molecular formula is C16H16ClNO. The molecule has 0 radical (unpaired) electrons. The van der Waals surface area contributed by atoms with Crippen LogP contribution in [0.5, 0.6) is 0 Å². The number of aryl methyl sites for hydroxylation is 1. The Balaban J connectivity index is 0.00000180. The highest BCUT2D eigenvalue weighted by Gasteiger charge is 1.97. The second kappa shape index (κ2) is 6.86. The Bertz CT molecular complexity index is 571. The van der Waals surface area contributed by atoms with Gasteiger partial charge in [-0.3, -0.25) is 4.79 Å². The summed E-state index contributed by atoms with van der Waals surface area (Å²) in [5.41, 5.74) is 3.00. The first-order valence-electron chi connectivity index (χ1n) is 5.89. The molecule has 1 aromatic carbocycles. The van der Waals surface area contributed by atoms with E-state index in [0.29, 0.717) is 0 Å². The van der Waals surface area contributed by atoms with Crippen LogP contribution in [0.4, 0.5) is 0 Å². The molecule has 3 heteroatoms. The van der Waals surface area contributed by atoms with Gasteiger partial charge >= 0.3 is 0 Å². The van der Waals surface area contributed by atoms with E-state index < -0.39 is 0 Å². The molecule has 0 saturated carbocycles. The molecule has 0 N–H and O–H groups in total. The lowest BCUT2D eigenvalue weighted by molar-refractivity contribution is -0.671. The van der Waals surface area contributed by atoms with Gasteiger partial charge in [-0.05, 0) is 18.1 Å². The minimum atomic E-state index is 0. The number of Topliss-reactive ketones (excluding diaryl/α,β-unsaturated/α-hetero) is 1. The highest BCUT2D eigenvalue weighted by Crippen LogP contribution is 2.09. The third-order valence-corrected chi connectivity index (χ3v) is 2.79. The van der Waals surface area contributed by atoms with Gasteiger partial charge in [0.05, 0.1) is 0 Å². The van der Waals surface area contributed by atoms with Crippen LogP contribution in [0.3, 0.4) is 0 Å². The van der Waals surface area contributed by atoms with Gasteiger partial charge in [0, 0.05) is 17.7 Å². The molecule has 0 fully saturated rings. The van der Waals surface area contributed by atoms with E-state index in [4.69, 9.17) is 0 Å². The predicted octanol–water partition coefficient (Wildman–Crippen LogP) is -0.112. The quantitative estimate of drug-likeness (QED) is 0.565. The normalized spacial score (nSPS) is 10.2. The lowest BCUT2D eigenvalue weighted by Gasteiger charge is -1.97. The van der Waals surface area contributed by atoms with Crippen molar-refractivity contribution in [2.24, 2.45) is 7.05 Å². The molecule has 2 nitrogen and oxygen atoms in total. The van der Waals surface area contributed by atoms with E-state index >= 15 is 0 Å². The van der Waals surface area contributed by atoms with Gasteiger partial charge in [0.2, 0.25) is 0 Å². The Morgan fingerprint density at radius 3 is 1.89 bits per heavy atom. The van der Waals surface area contributed by atoms with Crippen molar-refractivity contribution in [2.45, 2.75) is 6.92 Å². The number of ketones is 1. The molecule has 0 aliphatic rings. The molecule has 0 atom stereocenters. The minimum absolute atomic E-state index is 0. The Hall–Kier alpha value is -1.93. The Morgan fingerprint density at radius 2 is 1.42 bits per heavy atom. The predicted molar refractivity (Wildman–Crippen MR) is 73.0 cm³/mol. The lowest BCUT2D eigenvalue weighted by Crippen LogP contribution is -3.00. The maximum Gasteiger partial charge on any atom is 0.169 e.